The predicted octanol–water partition coefficient (Wildman–Crippen LogP) is -2.16. The van der Waals surface area contributed by atoms with Crippen molar-refractivity contribution in [2.24, 2.45) is 22.2 Å². The monoisotopic (exact) mass is 546 g/mol. The van der Waals surface area contributed by atoms with Crippen molar-refractivity contribution in [3.8, 4) is 0 Å². The summed E-state index contributed by atoms with van der Waals surface area (Å²) in [4.78, 5) is 66.0. The Kier molecular flexibility index (Phi) is 12.7. The number of rotatable bonds is 16. The van der Waals surface area contributed by atoms with Crippen molar-refractivity contribution in [1.29, 1.82) is 0 Å². The zero-order valence-corrected chi connectivity index (χ0v) is 21.7. The fraction of sp³-hybridized carbons (Fsp3) is 0.520. The molecule has 1 aliphatic rings. The highest BCUT2D eigenvalue weighted by atomic mass is 16.4. The Morgan fingerprint density at radius 3 is 2.21 bits per heavy atom. The lowest BCUT2D eigenvalue weighted by Crippen LogP contribution is -2.57. The summed E-state index contributed by atoms with van der Waals surface area (Å²) in [5.74, 6) is -3.86. The molecule has 39 heavy (non-hydrogen) atoms. The number of aliphatic imine (C=N–C) groups is 1. The fourth-order valence-electron chi connectivity index (χ4n) is 4.10. The molecule has 1 aromatic carbocycles. The highest BCUT2D eigenvalue weighted by Crippen LogP contribution is 2.09. The molecule has 2 rings (SSSR count). The van der Waals surface area contributed by atoms with Crippen molar-refractivity contribution in [3.05, 3.63) is 35.9 Å². The van der Waals surface area contributed by atoms with Gasteiger partial charge in [0.2, 0.25) is 23.6 Å². The van der Waals surface area contributed by atoms with E-state index < -0.39 is 47.9 Å². The molecule has 14 heteroatoms. The number of hydrogen-bond acceptors (Lipinski definition) is 7. The molecule has 0 bridgehead atoms. The minimum atomic E-state index is -1.39. The number of benzene rings is 1. The van der Waals surface area contributed by atoms with E-state index in [1.165, 1.54) is 0 Å². The number of nitrogens with zero attached hydrogens (tertiary/aromatic N) is 1. The van der Waals surface area contributed by atoms with Gasteiger partial charge in [0.05, 0.1) is 6.04 Å². The summed E-state index contributed by atoms with van der Waals surface area (Å²) in [6.45, 7) is 0.928. The van der Waals surface area contributed by atoms with Gasteiger partial charge < -0.3 is 43.6 Å². The number of aliphatic carboxylic acids is 1. The molecule has 4 amide bonds. The summed E-state index contributed by atoms with van der Waals surface area (Å²) in [6.07, 6.45) is 1.63. The summed E-state index contributed by atoms with van der Waals surface area (Å²) in [6, 6.07) is 4.86. The number of nitrogens with one attached hydrogen (secondary N) is 4. The molecule has 0 saturated carbocycles. The molecule has 11 N–H and O–H groups in total. The number of carboxylic acids is 1. The van der Waals surface area contributed by atoms with Crippen molar-refractivity contribution < 1.29 is 29.1 Å². The van der Waals surface area contributed by atoms with Crippen LogP contribution in [-0.2, 0) is 30.4 Å². The lowest BCUT2D eigenvalue weighted by Gasteiger charge is -2.25. The number of primary amides is 1. The van der Waals surface area contributed by atoms with E-state index >= 15 is 0 Å². The largest absolute Gasteiger partial charge is 0.480 e. The van der Waals surface area contributed by atoms with Gasteiger partial charge in [0.1, 0.15) is 18.1 Å². The maximum absolute atomic E-state index is 13.4. The second kappa shape index (κ2) is 15.9. The van der Waals surface area contributed by atoms with Gasteiger partial charge in [-0.1, -0.05) is 30.3 Å². The molecule has 0 aromatic heterocycles. The second-order valence-corrected chi connectivity index (χ2v) is 9.31. The van der Waals surface area contributed by atoms with Crippen LogP contribution in [0.3, 0.4) is 0 Å². The SMILES string of the molecule is NC(=O)CCC(NC(=O)C(Cc1ccccc1)NC(=O)C(CCCN=C(N)N)NC(=O)C1CCCN1)C(=O)O. The molecule has 1 aliphatic heterocycles. The van der Waals surface area contributed by atoms with Gasteiger partial charge in [-0.2, -0.15) is 0 Å². The van der Waals surface area contributed by atoms with Crippen LogP contribution in [0.25, 0.3) is 0 Å². The van der Waals surface area contributed by atoms with E-state index in [1.54, 1.807) is 30.3 Å². The molecule has 4 unspecified atom stereocenters. The number of amides is 4. The van der Waals surface area contributed by atoms with Gasteiger partial charge in [0, 0.05) is 19.4 Å². The molecule has 1 heterocycles. The molecule has 1 fully saturated rings. The van der Waals surface area contributed by atoms with Gasteiger partial charge in [-0.05, 0) is 44.2 Å². The van der Waals surface area contributed by atoms with Crippen molar-refractivity contribution in [2.45, 2.75) is 69.1 Å². The third-order valence-electron chi connectivity index (χ3n) is 6.16. The summed E-state index contributed by atoms with van der Waals surface area (Å²) in [5, 5.41) is 20.4. The minimum Gasteiger partial charge on any atom is -0.480 e. The molecule has 14 nitrogen and oxygen atoms in total. The Hall–Kier alpha value is -4.20. The van der Waals surface area contributed by atoms with Crippen molar-refractivity contribution >= 4 is 35.6 Å². The number of nitrogens with two attached hydrogens (primary N) is 3. The Balaban J connectivity index is 2.20. The van der Waals surface area contributed by atoms with Crippen LogP contribution in [0.1, 0.15) is 44.1 Å². The van der Waals surface area contributed by atoms with Crippen LogP contribution in [0.5, 0.6) is 0 Å². The lowest BCUT2D eigenvalue weighted by molar-refractivity contribution is -0.142. The number of carboxylic acid groups (broad SMARTS) is 1. The van der Waals surface area contributed by atoms with E-state index in [1.807, 2.05) is 0 Å². The van der Waals surface area contributed by atoms with E-state index in [4.69, 9.17) is 17.2 Å². The average Bonchev–Trinajstić information content (AvgIpc) is 3.43. The number of guanidine groups is 1. The standard InChI is InChI=1S/C25H38N8O6/c26-20(34)11-10-18(24(38)39)32-23(37)19(14-15-6-2-1-3-7-15)33-22(36)17(9-5-13-30-25(27)28)31-21(35)16-8-4-12-29-16/h1-3,6-7,16-19,29H,4-5,8-14H2,(H2,26,34)(H,31,35)(H,32,37)(H,33,36)(H,38,39)(H4,27,28,30). The van der Waals surface area contributed by atoms with Gasteiger partial charge in [-0.25, -0.2) is 4.79 Å². The molecular weight excluding hydrogens is 508 g/mol. The summed E-state index contributed by atoms with van der Waals surface area (Å²) in [5.41, 5.74) is 16.6. The van der Waals surface area contributed by atoms with Crippen LogP contribution < -0.4 is 38.5 Å². The van der Waals surface area contributed by atoms with Gasteiger partial charge in [-0.15, -0.1) is 0 Å². The van der Waals surface area contributed by atoms with Crippen molar-refractivity contribution in [1.82, 2.24) is 21.3 Å². The smallest absolute Gasteiger partial charge is 0.326 e. The first kappa shape index (κ1) is 31.0. The van der Waals surface area contributed by atoms with Crippen LogP contribution in [0.4, 0.5) is 0 Å². The van der Waals surface area contributed by atoms with Crippen molar-refractivity contribution in [3.63, 3.8) is 0 Å². The van der Waals surface area contributed by atoms with Crippen LogP contribution in [0.15, 0.2) is 35.3 Å². The lowest BCUT2D eigenvalue weighted by atomic mass is 10.0. The first-order chi connectivity index (χ1) is 18.6. The molecular formula is C25H38N8O6. The van der Waals surface area contributed by atoms with Gasteiger partial charge in [-0.3, -0.25) is 24.2 Å². The zero-order valence-electron chi connectivity index (χ0n) is 21.7. The minimum absolute atomic E-state index is 0.0550. The van der Waals surface area contributed by atoms with Gasteiger partial charge >= 0.3 is 5.97 Å². The highest BCUT2D eigenvalue weighted by molar-refractivity contribution is 5.94. The van der Waals surface area contributed by atoms with E-state index in [-0.39, 0.29) is 44.1 Å². The van der Waals surface area contributed by atoms with Crippen LogP contribution in [0, 0.1) is 0 Å². The van der Waals surface area contributed by atoms with Gasteiger partial charge in [0.15, 0.2) is 5.96 Å². The first-order valence-corrected chi connectivity index (χ1v) is 12.8. The first-order valence-electron chi connectivity index (χ1n) is 12.8. The highest BCUT2D eigenvalue weighted by Gasteiger charge is 2.31. The van der Waals surface area contributed by atoms with Crippen LogP contribution >= 0.6 is 0 Å². The van der Waals surface area contributed by atoms with Crippen LogP contribution in [0.2, 0.25) is 0 Å². The predicted molar refractivity (Wildman–Crippen MR) is 143 cm³/mol. The van der Waals surface area contributed by atoms with E-state index in [0.717, 1.165) is 6.42 Å². The molecule has 0 spiro atoms. The number of hydrogen-bond donors (Lipinski definition) is 8. The average molecular weight is 547 g/mol. The Morgan fingerprint density at radius 2 is 1.62 bits per heavy atom. The maximum atomic E-state index is 13.4. The quantitative estimate of drug-likeness (QED) is 0.0638. The molecule has 0 radical (unpaired) electrons. The molecule has 1 saturated heterocycles. The maximum Gasteiger partial charge on any atom is 0.326 e. The Morgan fingerprint density at radius 1 is 0.949 bits per heavy atom. The third kappa shape index (κ3) is 11.4. The van der Waals surface area contributed by atoms with Gasteiger partial charge in [0.25, 0.3) is 0 Å². The Labute approximate surface area is 226 Å². The summed E-state index contributed by atoms with van der Waals surface area (Å²) in [7, 11) is 0. The Bertz CT molecular complexity index is 1020. The summed E-state index contributed by atoms with van der Waals surface area (Å²) >= 11 is 0. The van der Waals surface area contributed by atoms with Crippen molar-refractivity contribution in [2.75, 3.05) is 13.1 Å². The van der Waals surface area contributed by atoms with E-state index in [9.17, 15) is 29.1 Å². The number of carbonyl (C=O) groups is 5. The normalized spacial score (nSPS) is 16.8. The third-order valence-corrected chi connectivity index (χ3v) is 6.16. The topological polar surface area (TPSA) is 244 Å². The number of carbonyl (C=O) groups excluding carboxylic acids is 4. The van der Waals surface area contributed by atoms with E-state index in [2.05, 4.69) is 26.3 Å². The van der Waals surface area contributed by atoms with E-state index in [0.29, 0.717) is 24.9 Å². The second-order valence-electron chi connectivity index (χ2n) is 9.31. The van der Waals surface area contributed by atoms with Crippen LogP contribution in [-0.4, -0.2) is 77.9 Å². The zero-order chi connectivity index (χ0) is 28.8. The molecule has 4 atom stereocenters. The molecule has 0 aliphatic carbocycles. The molecule has 214 valence electrons. The summed E-state index contributed by atoms with van der Waals surface area (Å²) < 4.78 is 0. The fourth-order valence-corrected chi connectivity index (χ4v) is 4.10. The molecule has 1 aromatic rings.